The van der Waals surface area contributed by atoms with Crippen molar-refractivity contribution in [2.75, 3.05) is 33.7 Å². The van der Waals surface area contributed by atoms with Gasteiger partial charge in [0.15, 0.2) is 0 Å². The lowest BCUT2D eigenvalue weighted by Crippen LogP contribution is -2.33. The number of rotatable bonds is 4. The van der Waals surface area contributed by atoms with Crippen LogP contribution in [0, 0.1) is 11.8 Å². The summed E-state index contributed by atoms with van der Waals surface area (Å²) in [5.74, 6) is 1.88. The van der Waals surface area contributed by atoms with Gasteiger partial charge in [0.1, 0.15) is 0 Å². The molecule has 0 amide bonds. The second-order valence-electron chi connectivity index (χ2n) is 4.51. The predicted molar refractivity (Wildman–Crippen MR) is 57.9 cm³/mol. The Balaban J connectivity index is 2.19. The molecule has 1 rings (SSSR count). The smallest absolute Gasteiger partial charge is 0.00190 e. The van der Waals surface area contributed by atoms with Crippen LogP contribution in [0.4, 0.5) is 0 Å². The van der Waals surface area contributed by atoms with Crippen LogP contribution in [0.5, 0.6) is 0 Å². The molecule has 0 spiro atoms. The van der Waals surface area contributed by atoms with Crippen LogP contribution in [0.25, 0.3) is 0 Å². The maximum absolute atomic E-state index is 3.24. The minimum absolute atomic E-state index is 0.904. The van der Waals surface area contributed by atoms with Crippen molar-refractivity contribution >= 4 is 0 Å². The van der Waals surface area contributed by atoms with E-state index in [1.165, 1.54) is 38.9 Å². The van der Waals surface area contributed by atoms with Crippen molar-refractivity contribution in [3.63, 3.8) is 0 Å². The van der Waals surface area contributed by atoms with Gasteiger partial charge in [0.2, 0.25) is 0 Å². The summed E-state index contributed by atoms with van der Waals surface area (Å²) in [6, 6.07) is 0. The Hall–Kier alpha value is -0.0800. The quantitative estimate of drug-likeness (QED) is 0.713. The molecule has 0 saturated carbocycles. The summed E-state index contributed by atoms with van der Waals surface area (Å²) >= 11 is 0. The van der Waals surface area contributed by atoms with Gasteiger partial charge >= 0.3 is 0 Å². The van der Waals surface area contributed by atoms with Gasteiger partial charge in [-0.3, -0.25) is 0 Å². The highest BCUT2D eigenvalue weighted by molar-refractivity contribution is 4.74. The SMILES string of the molecule is CNCCC(C)C1CCN(C)CC1. The predicted octanol–water partition coefficient (Wildman–Crippen LogP) is 1.57. The molecule has 1 unspecified atom stereocenters. The van der Waals surface area contributed by atoms with E-state index in [-0.39, 0.29) is 0 Å². The lowest BCUT2D eigenvalue weighted by Gasteiger charge is -2.32. The van der Waals surface area contributed by atoms with Crippen LogP contribution in [0.2, 0.25) is 0 Å². The summed E-state index contributed by atoms with van der Waals surface area (Å²) in [6.07, 6.45) is 4.15. The Labute approximate surface area is 82.7 Å². The zero-order chi connectivity index (χ0) is 9.68. The molecule has 0 radical (unpaired) electrons. The highest BCUT2D eigenvalue weighted by Gasteiger charge is 2.21. The summed E-state index contributed by atoms with van der Waals surface area (Å²) in [5, 5.41) is 3.24. The third-order valence-corrected chi connectivity index (χ3v) is 3.42. The maximum Gasteiger partial charge on any atom is -0.00190 e. The van der Waals surface area contributed by atoms with Crippen LogP contribution < -0.4 is 5.32 Å². The second-order valence-corrected chi connectivity index (χ2v) is 4.51. The Morgan fingerprint density at radius 2 is 2.00 bits per heavy atom. The molecule has 2 nitrogen and oxygen atoms in total. The van der Waals surface area contributed by atoms with Crippen molar-refractivity contribution < 1.29 is 0 Å². The average molecular weight is 184 g/mol. The van der Waals surface area contributed by atoms with Gasteiger partial charge in [-0.05, 0) is 64.8 Å². The van der Waals surface area contributed by atoms with Gasteiger partial charge in [0.25, 0.3) is 0 Å². The third-order valence-electron chi connectivity index (χ3n) is 3.42. The van der Waals surface area contributed by atoms with Crippen LogP contribution in [-0.2, 0) is 0 Å². The van der Waals surface area contributed by atoms with Crippen molar-refractivity contribution in [2.24, 2.45) is 11.8 Å². The van der Waals surface area contributed by atoms with Crippen molar-refractivity contribution in [1.82, 2.24) is 10.2 Å². The molecule has 1 heterocycles. The lowest BCUT2D eigenvalue weighted by molar-refractivity contribution is 0.173. The number of likely N-dealkylation sites (tertiary alicyclic amines) is 1. The minimum atomic E-state index is 0.904. The molecule has 0 aromatic carbocycles. The van der Waals surface area contributed by atoms with Crippen molar-refractivity contribution in [3.05, 3.63) is 0 Å². The standard InChI is InChI=1S/C11H24N2/c1-10(4-7-12-2)11-5-8-13(3)9-6-11/h10-12H,4-9H2,1-3H3. The summed E-state index contributed by atoms with van der Waals surface area (Å²) in [4.78, 5) is 2.45. The average Bonchev–Trinajstić information content (AvgIpc) is 2.15. The Morgan fingerprint density at radius 3 is 2.54 bits per heavy atom. The molecule has 13 heavy (non-hydrogen) atoms. The summed E-state index contributed by atoms with van der Waals surface area (Å²) in [5.41, 5.74) is 0. The first kappa shape index (κ1) is 11.0. The largest absolute Gasteiger partial charge is 0.320 e. The molecule has 1 N–H and O–H groups in total. The molecule has 2 heteroatoms. The summed E-state index contributed by atoms with van der Waals surface area (Å²) < 4.78 is 0. The van der Waals surface area contributed by atoms with E-state index in [9.17, 15) is 0 Å². The summed E-state index contributed by atoms with van der Waals surface area (Å²) in [6.45, 7) is 6.18. The first-order valence-electron chi connectivity index (χ1n) is 5.57. The molecule has 0 aliphatic carbocycles. The first-order valence-corrected chi connectivity index (χ1v) is 5.57. The maximum atomic E-state index is 3.24. The number of hydrogen-bond acceptors (Lipinski definition) is 2. The molecule has 0 bridgehead atoms. The molecule has 1 aliphatic heterocycles. The van der Waals surface area contributed by atoms with E-state index in [1.54, 1.807) is 0 Å². The van der Waals surface area contributed by atoms with Crippen LogP contribution in [0.15, 0.2) is 0 Å². The molecule has 1 saturated heterocycles. The van der Waals surface area contributed by atoms with Gasteiger partial charge in [-0.25, -0.2) is 0 Å². The van der Waals surface area contributed by atoms with E-state index in [1.807, 2.05) is 7.05 Å². The fraction of sp³-hybridized carbons (Fsp3) is 1.00. The highest BCUT2D eigenvalue weighted by atomic mass is 15.1. The topological polar surface area (TPSA) is 15.3 Å². The zero-order valence-corrected chi connectivity index (χ0v) is 9.34. The number of piperidine rings is 1. The Bertz CT molecular complexity index is 128. The van der Waals surface area contributed by atoms with Crippen LogP contribution in [0.1, 0.15) is 26.2 Å². The molecule has 1 aliphatic rings. The van der Waals surface area contributed by atoms with E-state index in [0.29, 0.717) is 0 Å². The van der Waals surface area contributed by atoms with E-state index in [4.69, 9.17) is 0 Å². The highest BCUT2D eigenvalue weighted by Crippen LogP contribution is 2.25. The molecule has 1 atom stereocenters. The minimum Gasteiger partial charge on any atom is -0.320 e. The van der Waals surface area contributed by atoms with E-state index >= 15 is 0 Å². The fourth-order valence-electron chi connectivity index (χ4n) is 2.21. The van der Waals surface area contributed by atoms with E-state index < -0.39 is 0 Å². The second kappa shape index (κ2) is 5.61. The number of nitrogens with zero attached hydrogens (tertiary/aromatic N) is 1. The number of hydrogen-bond donors (Lipinski definition) is 1. The fourth-order valence-corrected chi connectivity index (χ4v) is 2.21. The zero-order valence-electron chi connectivity index (χ0n) is 9.34. The first-order chi connectivity index (χ1) is 6.24. The molecular weight excluding hydrogens is 160 g/mol. The van der Waals surface area contributed by atoms with Gasteiger partial charge in [-0.1, -0.05) is 6.92 Å². The Kier molecular flexibility index (Phi) is 4.74. The van der Waals surface area contributed by atoms with Crippen LogP contribution in [-0.4, -0.2) is 38.6 Å². The molecular formula is C11H24N2. The van der Waals surface area contributed by atoms with Gasteiger partial charge in [0.05, 0.1) is 0 Å². The number of nitrogens with one attached hydrogen (secondary N) is 1. The Morgan fingerprint density at radius 1 is 1.38 bits per heavy atom. The van der Waals surface area contributed by atoms with Crippen molar-refractivity contribution in [3.8, 4) is 0 Å². The lowest BCUT2D eigenvalue weighted by atomic mass is 9.84. The van der Waals surface area contributed by atoms with Crippen LogP contribution >= 0.6 is 0 Å². The molecule has 1 fully saturated rings. The van der Waals surface area contributed by atoms with Crippen molar-refractivity contribution in [2.45, 2.75) is 26.2 Å². The van der Waals surface area contributed by atoms with Gasteiger partial charge < -0.3 is 10.2 Å². The monoisotopic (exact) mass is 184 g/mol. The summed E-state index contributed by atoms with van der Waals surface area (Å²) in [7, 11) is 4.27. The van der Waals surface area contributed by atoms with Crippen LogP contribution in [0.3, 0.4) is 0 Å². The third kappa shape index (κ3) is 3.65. The molecule has 0 aromatic heterocycles. The van der Waals surface area contributed by atoms with Crippen molar-refractivity contribution in [1.29, 1.82) is 0 Å². The van der Waals surface area contributed by atoms with Gasteiger partial charge in [0, 0.05) is 0 Å². The normalized spacial score (nSPS) is 23.3. The van der Waals surface area contributed by atoms with E-state index in [2.05, 4.69) is 24.2 Å². The molecule has 0 aromatic rings. The van der Waals surface area contributed by atoms with Gasteiger partial charge in [-0.2, -0.15) is 0 Å². The molecule has 78 valence electrons. The van der Waals surface area contributed by atoms with E-state index in [0.717, 1.165) is 11.8 Å². The van der Waals surface area contributed by atoms with Gasteiger partial charge in [-0.15, -0.1) is 0 Å².